The monoisotopic (exact) mass is 312 g/mol. The van der Waals surface area contributed by atoms with E-state index in [1.54, 1.807) is 0 Å². The normalized spacial score (nSPS) is 14.7. The van der Waals surface area contributed by atoms with Crippen LogP contribution in [-0.2, 0) is 4.79 Å². The van der Waals surface area contributed by atoms with E-state index < -0.39 is 18.2 Å². The highest BCUT2D eigenvalue weighted by Crippen LogP contribution is 2.09. The Morgan fingerprint density at radius 2 is 1.41 bits per heavy atom. The zero-order valence-electron chi connectivity index (χ0n) is 13.8. The van der Waals surface area contributed by atoms with Crippen molar-refractivity contribution in [2.45, 2.75) is 83.3 Å². The van der Waals surface area contributed by atoms with Crippen LogP contribution in [-0.4, -0.2) is 33.5 Å². The van der Waals surface area contributed by atoms with Gasteiger partial charge in [0.1, 0.15) is 0 Å². The molecule has 0 heterocycles. The van der Waals surface area contributed by atoms with Gasteiger partial charge in [0.05, 0.1) is 12.2 Å². The van der Waals surface area contributed by atoms with Gasteiger partial charge < -0.3 is 15.3 Å². The quantitative estimate of drug-likeness (QED) is 0.336. The van der Waals surface area contributed by atoms with E-state index in [-0.39, 0.29) is 6.42 Å². The van der Waals surface area contributed by atoms with Crippen LogP contribution in [0.15, 0.2) is 24.3 Å². The molecule has 0 rings (SSSR count). The SMILES string of the molecule is CC/C=C\C[C@@H](O)[C@H](O)C/C=C\CCCCCCCC(=O)O. The number of carboxylic acids is 1. The Labute approximate surface area is 134 Å². The van der Waals surface area contributed by atoms with Crippen LogP contribution in [0.5, 0.6) is 0 Å². The van der Waals surface area contributed by atoms with Crippen LogP contribution >= 0.6 is 0 Å². The number of aliphatic carboxylic acids is 1. The van der Waals surface area contributed by atoms with Crippen molar-refractivity contribution in [3.63, 3.8) is 0 Å². The number of carbonyl (C=O) groups is 1. The summed E-state index contributed by atoms with van der Waals surface area (Å²) in [5.74, 6) is -0.714. The van der Waals surface area contributed by atoms with Crippen molar-refractivity contribution in [3.05, 3.63) is 24.3 Å². The molecule has 0 unspecified atom stereocenters. The highest BCUT2D eigenvalue weighted by Gasteiger charge is 2.12. The zero-order chi connectivity index (χ0) is 16.6. The molecule has 0 spiro atoms. The van der Waals surface area contributed by atoms with Crippen molar-refractivity contribution in [2.75, 3.05) is 0 Å². The first kappa shape index (κ1) is 20.9. The van der Waals surface area contributed by atoms with Crippen molar-refractivity contribution in [3.8, 4) is 0 Å². The predicted molar refractivity (Wildman–Crippen MR) is 89.8 cm³/mol. The molecule has 0 aliphatic carbocycles. The van der Waals surface area contributed by atoms with E-state index in [0.717, 1.165) is 44.9 Å². The first-order chi connectivity index (χ1) is 10.6. The van der Waals surface area contributed by atoms with Gasteiger partial charge in [0.15, 0.2) is 0 Å². The smallest absolute Gasteiger partial charge is 0.303 e. The van der Waals surface area contributed by atoms with E-state index in [9.17, 15) is 15.0 Å². The van der Waals surface area contributed by atoms with E-state index in [1.165, 1.54) is 0 Å². The molecule has 4 nitrogen and oxygen atoms in total. The maximum absolute atomic E-state index is 10.3. The zero-order valence-corrected chi connectivity index (χ0v) is 13.8. The first-order valence-corrected chi connectivity index (χ1v) is 8.45. The van der Waals surface area contributed by atoms with Gasteiger partial charge >= 0.3 is 5.97 Å². The topological polar surface area (TPSA) is 77.8 Å². The van der Waals surface area contributed by atoms with E-state index in [2.05, 4.69) is 6.08 Å². The molecule has 4 heteroatoms. The van der Waals surface area contributed by atoms with Crippen LogP contribution in [0.1, 0.15) is 71.1 Å². The van der Waals surface area contributed by atoms with Crippen LogP contribution in [0.25, 0.3) is 0 Å². The Hall–Kier alpha value is -1.13. The first-order valence-electron chi connectivity index (χ1n) is 8.45. The van der Waals surface area contributed by atoms with E-state index >= 15 is 0 Å². The van der Waals surface area contributed by atoms with Gasteiger partial charge in [-0.1, -0.05) is 50.5 Å². The maximum atomic E-state index is 10.3. The van der Waals surface area contributed by atoms with Crippen LogP contribution < -0.4 is 0 Å². The van der Waals surface area contributed by atoms with Gasteiger partial charge in [0, 0.05) is 6.42 Å². The summed E-state index contributed by atoms with van der Waals surface area (Å²) in [5, 5.41) is 28.0. The number of unbranched alkanes of at least 4 members (excludes halogenated alkanes) is 5. The molecule has 0 aromatic rings. The molecule has 3 N–H and O–H groups in total. The summed E-state index contributed by atoms with van der Waals surface area (Å²) in [6.45, 7) is 2.04. The average molecular weight is 312 g/mol. The molecule has 0 saturated heterocycles. The molecule has 0 saturated carbocycles. The second-order valence-electron chi connectivity index (χ2n) is 5.66. The number of aliphatic hydroxyl groups is 2. The molecule has 0 aromatic heterocycles. The number of hydrogen-bond donors (Lipinski definition) is 3. The Morgan fingerprint density at radius 3 is 2.00 bits per heavy atom. The third-order valence-corrected chi connectivity index (χ3v) is 3.53. The average Bonchev–Trinajstić information content (AvgIpc) is 2.48. The predicted octanol–water partition coefficient (Wildman–Crippen LogP) is 3.83. The molecule has 0 aliphatic rings. The van der Waals surface area contributed by atoms with Crippen LogP contribution in [0.4, 0.5) is 0 Å². The highest BCUT2D eigenvalue weighted by atomic mass is 16.4. The minimum absolute atomic E-state index is 0.271. The van der Waals surface area contributed by atoms with Gasteiger partial charge in [-0.05, 0) is 38.5 Å². The van der Waals surface area contributed by atoms with Crippen molar-refractivity contribution >= 4 is 5.97 Å². The molecule has 0 aromatic carbocycles. The third kappa shape index (κ3) is 13.8. The molecule has 128 valence electrons. The lowest BCUT2D eigenvalue weighted by Gasteiger charge is -2.14. The molecular weight excluding hydrogens is 280 g/mol. The summed E-state index contributed by atoms with van der Waals surface area (Å²) in [7, 11) is 0. The Morgan fingerprint density at radius 1 is 0.864 bits per heavy atom. The van der Waals surface area contributed by atoms with Crippen LogP contribution in [0.2, 0.25) is 0 Å². The maximum Gasteiger partial charge on any atom is 0.303 e. The fourth-order valence-corrected chi connectivity index (χ4v) is 2.14. The van der Waals surface area contributed by atoms with E-state index in [0.29, 0.717) is 12.8 Å². The van der Waals surface area contributed by atoms with Crippen molar-refractivity contribution in [1.29, 1.82) is 0 Å². The van der Waals surface area contributed by atoms with Crippen molar-refractivity contribution < 1.29 is 20.1 Å². The minimum atomic E-state index is -0.714. The molecule has 0 radical (unpaired) electrons. The van der Waals surface area contributed by atoms with Gasteiger partial charge in [-0.25, -0.2) is 0 Å². The Balaban J connectivity index is 3.49. The Bertz CT molecular complexity index is 323. The van der Waals surface area contributed by atoms with Crippen molar-refractivity contribution in [2.24, 2.45) is 0 Å². The fourth-order valence-electron chi connectivity index (χ4n) is 2.14. The lowest BCUT2D eigenvalue weighted by Crippen LogP contribution is -2.24. The summed E-state index contributed by atoms with van der Waals surface area (Å²) < 4.78 is 0. The second kappa shape index (κ2) is 14.8. The number of hydrogen-bond acceptors (Lipinski definition) is 3. The minimum Gasteiger partial charge on any atom is -0.481 e. The molecular formula is C18H32O4. The molecule has 22 heavy (non-hydrogen) atoms. The second-order valence-corrected chi connectivity index (χ2v) is 5.66. The highest BCUT2D eigenvalue weighted by molar-refractivity contribution is 5.66. The van der Waals surface area contributed by atoms with Gasteiger partial charge in [-0.15, -0.1) is 0 Å². The fraction of sp³-hybridized carbons (Fsp3) is 0.722. The van der Waals surface area contributed by atoms with E-state index in [1.807, 2.05) is 25.2 Å². The summed E-state index contributed by atoms with van der Waals surface area (Å²) in [6.07, 6.45) is 14.7. The van der Waals surface area contributed by atoms with Crippen LogP contribution in [0.3, 0.4) is 0 Å². The van der Waals surface area contributed by atoms with Gasteiger partial charge in [0.25, 0.3) is 0 Å². The molecule has 0 fully saturated rings. The molecule has 2 atom stereocenters. The summed E-state index contributed by atoms with van der Waals surface area (Å²) in [4.78, 5) is 10.3. The summed E-state index contributed by atoms with van der Waals surface area (Å²) >= 11 is 0. The van der Waals surface area contributed by atoms with E-state index in [4.69, 9.17) is 5.11 Å². The summed E-state index contributed by atoms with van der Waals surface area (Å²) in [6, 6.07) is 0. The standard InChI is InChI=1S/C18H32O4/c1-2-3-10-13-16(19)17(20)14-11-8-6-4-5-7-9-12-15-18(21)22/h3,8,10-11,16-17,19-20H,2,4-7,9,12-15H2,1H3,(H,21,22)/b10-3-,11-8-/t16-,17-/m1/s1. The van der Waals surface area contributed by atoms with Crippen LogP contribution in [0, 0.1) is 0 Å². The third-order valence-electron chi connectivity index (χ3n) is 3.53. The largest absolute Gasteiger partial charge is 0.481 e. The molecule has 0 bridgehead atoms. The lowest BCUT2D eigenvalue weighted by atomic mass is 10.1. The number of allylic oxidation sites excluding steroid dienone is 2. The lowest BCUT2D eigenvalue weighted by molar-refractivity contribution is -0.137. The van der Waals surface area contributed by atoms with Gasteiger partial charge in [-0.3, -0.25) is 4.79 Å². The Kier molecular flexibility index (Phi) is 14.0. The number of rotatable bonds is 14. The van der Waals surface area contributed by atoms with Gasteiger partial charge in [-0.2, -0.15) is 0 Å². The summed E-state index contributed by atoms with van der Waals surface area (Å²) in [5.41, 5.74) is 0. The molecule has 0 amide bonds. The number of aliphatic hydroxyl groups excluding tert-OH is 2. The van der Waals surface area contributed by atoms with Gasteiger partial charge in [0.2, 0.25) is 0 Å². The van der Waals surface area contributed by atoms with Crippen molar-refractivity contribution in [1.82, 2.24) is 0 Å². The number of carboxylic acid groups (broad SMARTS) is 1. The molecule has 0 aliphatic heterocycles.